The summed E-state index contributed by atoms with van der Waals surface area (Å²) >= 11 is 7.17. The molecular formula is C17H16ClNO3S. The normalized spacial score (nSPS) is 11.6. The quantitative estimate of drug-likeness (QED) is 0.635. The highest BCUT2D eigenvalue weighted by atomic mass is 35.5. The molecule has 0 aliphatic carbocycles. The van der Waals surface area contributed by atoms with Gasteiger partial charge in [0.1, 0.15) is 4.88 Å². The topological polar surface area (TPSA) is 55.4 Å². The third-order valence-electron chi connectivity index (χ3n) is 3.01. The SMILES string of the molecule is C=CCNC(=O)[C@@H](C)OC(=O)c1ccc(-c2ccc(Cl)cc2)s1. The molecule has 0 fully saturated rings. The van der Waals surface area contributed by atoms with E-state index in [1.54, 1.807) is 24.3 Å². The minimum Gasteiger partial charge on any atom is -0.448 e. The molecule has 0 saturated heterocycles. The van der Waals surface area contributed by atoms with Gasteiger partial charge in [-0.15, -0.1) is 17.9 Å². The molecule has 2 aromatic rings. The highest BCUT2D eigenvalue weighted by Gasteiger charge is 2.19. The average molecular weight is 350 g/mol. The number of esters is 1. The molecule has 1 aromatic heterocycles. The van der Waals surface area contributed by atoms with Gasteiger partial charge in [0.15, 0.2) is 6.10 Å². The van der Waals surface area contributed by atoms with E-state index in [9.17, 15) is 9.59 Å². The summed E-state index contributed by atoms with van der Waals surface area (Å²) in [5, 5.41) is 3.24. The predicted octanol–water partition coefficient (Wildman–Crippen LogP) is 3.92. The number of halogens is 1. The van der Waals surface area contributed by atoms with E-state index in [4.69, 9.17) is 16.3 Å². The second-order valence-corrected chi connectivity index (χ2v) is 6.27. The molecule has 0 spiro atoms. The number of thiophene rings is 1. The maximum Gasteiger partial charge on any atom is 0.349 e. The van der Waals surface area contributed by atoms with Crippen molar-refractivity contribution in [3.8, 4) is 10.4 Å². The van der Waals surface area contributed by atoms with Gasteiger partial charge in [-0.1, -0.05) is 29.8 Å². The van der Waals surface area contributed by atoms with Crippen molar-refractivity contribution in [2.24, 2.45) is 0 Å². The molecule has 1 aromatic carbocycles. The van der Waals surface area contributed by atoms with Gasteiger partial charge in [0, 0.05) is 16.4 Å². The smallest absolute Gasteiger partial charge is 0.349 e. The van der Waals surface area contributed by atoms with Crippen molar-refractivity contribution < 1.29 is 14.3 Å². The van der Waals surface area contributed by atoms with Crippen LogP contribution in [0.2, 0.25) is 5.02 Å². The Morgan fingerprint density at radius 3 is 2.65 bits per heavy atom. The van der Waals surface area contributed by atoms with Gasteiger partial charge in [-0.05, 0) is 36.8 Å². The molecule has 1 N–H and O–H groups in total. The van der Waals surface area contributed by atoms with Crippen LogP contribution in [0.1, 0.15) is 16.6 Å². The Labute approximate surface area is 143 Å². The molecule has 120 valence electrons. The molecule has 4 nitrogen and oxygen atoms in total. The zero-order chi connectivity index (χ0) is 16.8. The van der Waals surface area contributed by atoms with Crippen molar-refractivity contribution >= 4 is 34.8 Å². The van der Waals surface area contributed by atoms with E-state index in [0.29, 0.717) is 16.4 Å². The largest absolute Gasteiger partial charge is 0.448 e. The van der Waals surface area contributed by atoms with E-state index in [0.717, 1.165) is 10.4 Å². The maximum atomic E-state index is 12.1. The Hall–Kier alpha value is -2.11. The third kappa shape index (κ3) is 4.68. The van der Waals surface area contributed by atoms with Crippen LogP contribution in [-0.2, 0) is 9.53 Å². The van der Waals surface area contributed by atoms with Crippen molar-refractivity contribution in [3.63, 3.8) is 0 Å². The number of nitrogens with one attached hydrogen (secondary N) is 1. The molecule has 2 rings (SSSR count). The number of carbonyl (C=O) groups is 2. The number of carbonyl (C=O) groups excluding carboxylic acids is 2. The van der Waals surface area contributed by atoms with Gasteiger partial charge in [0.2, 0.25) is 0 Å². The summed E-state index contributed by atoms with van der Waals surface area (Å²) < 4.78 is 5.17. The molecule has 0 aliphatic heterocycles. The van der Waals surface area contributed by atoms with Gasteiger partial charge in [-0.25, -0.2) is 4.79 Å². The van der Waals surface area contributed by atoms with Crippen LogP contribution in [-0.4, -0.2) is 24.5 Å². The second-order valence-electron chi connectivity index (χ2n) is 4.75. The van der Waals surface area contributed by atoms with E-state index in [1.165, 1.54) is 18.3 Å². The van der Waals surface area contributed by atoms with Gasteiger partial charge in [-0.3, -0.25) is 4.79 Å². The number of ether oxygens (including phenoxy) is 1. The van der Waals surface area contributed by atoms with Crippen molar-refractivity contribution in [1.29, 1.82) is 0 Å². The first-order valence-corrected chi connectivity index (χ1v) is 8.16. The van der Waals surface area contributed by atoms with Crippen LogP contribution >= 0.6 is 22.9 Å². The van der Waals surface area contributed by atoms with Crippen LogP contribution in [0.4, 0.5) is 0 Å². The standard InChI is InChI=1S/C17H16ClNO3S/c1-3-10-19-16(20)11(2)22-17(21)15-9-8-14(23-15)12-4-6-13(18)7-5-12/h3-9,11H,1,10H2,2H3,(H,19,20)/t11-/m1/s1. The summed E-state index contributed by atoms with van der Waals surface area (Å²) in [6.07, 6.45) is 0.702. The van der Waals surface area contributed by atoms with Crippen LogP contribution < -0.4 is 5.32 Å². The number of amides is 1. The maximum absolute atomic E-state index is 12.1. The molecule has 1 atom stereocenters. The molecule has 0 radical (unpaired) electrons. The van der Waals surface area contributed by atoms with Gasteiger partial charge >= 0.3 is 5.97 Å². The molecular weight excluding hydrogens is 334 g/mol. The summed E-state index contributed by atoms with van der Waals surface area (Å²) in [5.41, 5.74) is 0.968. The van der Waals surface area contributed by atoms with Gasteiger partial charge in [0.05, 0.1) is 0 Å². The summed E-state index contributed by atoms with van der Waals surface area (Å²) in [5.74, 6) is -0.871. The van der Waals surface area contributed by atoms with Gasteiger partial charge < -0.3 is 10.1 Å². The third-order valence-corrected chi connectivity index (χ3v) is 4.38. The fraction of sp³-hybridized carbons (Fsp3) is 0.176. The zero-order valence-electron chi connectivity index (χ0n) is 12.5. The molecule has 0 aliphatic rings. The lowest BCUT2D eigenvalue weighted by Gasteiger charge is -2.11. The first-order valence-electron chi connectivity index (χ1n) is 6.96. The van der Waals surface area contributed by atoms with Crippen molar-refractivity contribution in [1.82, 2.24) is 5.32 Å². The Bertz CT molecular complexity index is 709. The molecule has 23 heavy (non-hydrogen) atoms. The first-order chi connectivity index (χ1) is 11.0. The van der Waals surface area contributed by atoms with Gasteiger partial charge in [-0.2, -0.15) is 0 Å². The van der Waals surface area contributed by atoms with Crippen LogP contribution in [0, 0.1) is 0 Å². The van der Waals surface area contributed by atoms with Crippen molar-refractivity contribution in [3.05, 3.63) is 59.0 Å². The Kier molecular flexibility index (Phi) is 5.96. The lowest BCUT2D eigenvalue weighted by molar-refractivity contribution is -0.128. The fourth-order valence-electron chi connectivity index (χ4n) is 1.81. The number of hydrogen-bond donors (Lipinski definition) is 1. The Morgan fingerprint density at radius 2 is 2.00 bits per heavy atom. The first kappa shape index (κ1) is 17.2. The molecule has 0 unspecified atom stereocenters. The van der Waals surface area contributed by atoms with Gasteiger partial charge in [0.25, 0.3) is 5.91 Å². The Morgan fingerprint density at radius 1 is 1.30 bits per heavy atom. The minimum atomic E-state index is -0.858. The van der Waals surface area contributed by atoms with Crippen LogP contribution in [0.5, 0.6) is 0 Å². The van der Waals surface area contributed by atoms with Crippen LogP contribution in [0.3, 0.4) is 0 Å². The molecule has 1 heterocycles. The average Bonchev–Trinajstić information content (AvgIpc) is 3.03. The highest BCUT2D eigenvalue weighted by Crippen LogP contribution is 2.29. The zero-order valence-corrected chi connectivity index (χ0v) is 14.1. The summed E-state index contributed by atoms with van der Waals surface area (Å²) in [6.45, 7) is 5.37. The summed E-state index contributed by atoms with van der Waals surface area (Å²) in [6, 6.07) is 10.9. The molecule has 1 amide bonds. The summed E-state index contributed by atoms with van der Waals surface area (Å²) in [4.78, 5) is 25.2. The predicted molar refractivity (Wildman–Crippen MR) is 92.8 cm³/mol. The lowest BCUT2D eigenvalue weighted by atomic mass is 10.2. The van der Waals surface area contributed by atoms with E-state index in [1.807, 2.05) is 18.2 Å². The molecule has 6 heteroatoms. The van der Waals surface area contributed by atoms with Crippen molar-refractivity contribution in [2.45, 2.75) is 13.0 Å². The monoisotopic (exact) mass is 349 g/mol. The molecule has 0 saturated carbocycles. The second kappa shape index (κ2) is 7.94. The minimum absolute atomic E-state index is 0.334. The Balaban J connectivity index is 2.02. The fourth-order valence-corrected chi connectivity index (χ4v) is 2.83. The van der Waals surface area contributed by atoms with Crippen molar-refractivity contribution in [2.75, 3.05) is 6.54 Å². The number of hydrogen-bond acceptors (Lipinski definition) is 4. The number of benzene rings is 1. The van der Waals surface area contributed by atoms with Crippen LogP contribution in [0.25, 0.3) is 10.4 Å². The van der Waals surface area contributed by atoms with E-state index in [-0.39, 0.29) is 5.91 Å². The lowest BCUT2D eigenvalue weighted by Crippen LogP contribution is -2.35. The summed E-state index contributed by atoms with van der Waals surface area (Å²) in [7, 11) is 0. The van der Waals surface area contributed by atoms with E-state index in [2.05, 4.69) is 11.9 Å². The van der Waals surface area contributed by atoms with E-state index >= 15 is 0 Å². The number of rotatable bonds is 6. The molecule has 0 bridgehead atoms. The highest BCUT2D eigenvalue weighted by molar-refractivity contribution is 7.17. The van der Waals surface area contributed by atoms with Crippen LogP contribution in [0.15, 0.2) is 49.1 Å². The van der Waals surface area contributed by atoms with E-state index < -0.39 is 12.1 Å².